The number of hydrogen-bond acceptors (Lipinski definition) is 7. The molecule has 4 aromatic rings. The van der Waals surface area contributed by atoms with E-state index >= 15 is 4.39 Å². The Morgan fingerprint density at radius 1 is 1.07 bits per heavy atom. The number of hydrogen-bond donors (Lipinski definition) is 2. The van der Waals surface area contributed by atoms with Crippen LogP contribution in [0.4, 0.5) is 23.4 Å². The number of fused-ring (bicyclic) bond motifs is 5. The van der Waals surface area contributed by atoms with Crippen LogP contribution in [0.3, 0.4) is 0 Å². The van der Waals surface area contributed by atoms with Gasteiger partial charge in [0.1, 0.15) is 17.1 Å². The summed E-state index contributed by atoms with van der Waals surface area (Å²) in [5.41, 5.74) is -2.47. The molecule has 5 heterocycles. The summed E-state index contributed by atoms with van der Waals surface area (Å²) in [7, 11) is 0. The molecule has 0 radical (unpaired) electrons. The molecule has 5 aliphatic rings. The molecular formula is C32H30F4N4O3. The summed E-state index contributed by atoms with van der Waals surface area (Å²) in [5.74, 6) is -1.17. The van der Waals surface area contributed by atoms with Gasteiger partial charge in [-0.25, -0.2) is 4.39 Å². The zero-order valence-electron chi connectivity index (χ0n) is 23.5. The lowest BCUT2D eigenvalue weighted by molar-refractivity contribution is -0.137. The third-order valence-corrected chi connectivity index (χ3v) is 9.56. The van der Waals surface area contributed by atoms with Crippen LogP contribution in [-0.2, 0) is 10.9 Å². The van der Waals surface area contributed by atoms with Gasteiger partial charge in [0.2, 0.25) is 0 Å². The number of nitrogens with zero attached hydrogens (tertiary/aromatic N) is 3. The summed E-state index contributed by atoms with van der Waals surface area (Å²) in [6.45, 7) is 3.93. The number of alkyl halides is 3. The van der Waals surface area contributed by atoms with Gasteiger partial charge in [-0.05, 0) is 67.1 Å². The molecule has 1 saturated carbocycles. The molecule has 0 amide bonds. The molecule has 5 fully saturated rings. The number of phenols is 1. The van der Waals surface area contributed by atoms with Crippen LogP contribution in [-0.4, -0.2) is 59.1 Å². The molecule has 11 heteroatoms. The van der Waals surface area contributed by atoms with Gasteiger partial charge in [0.05, 0.1) is 24.4 Å². The van der Waals surface area contributed by atoms with Crippen molar-refractivity contribution in [3.63, 3.8) is 0 Å². The van der Waals surface area contributed by atoms with Gasteiger partial charge in [-0.3, -0.25) is 0 Å². The Kier molecular flexibility index (Phi) is 5.72. The van der Waals surface area contributed by atoms with E-state index in [0.29, 0.717) is 30.5 Å². The number of aromatic nitrogens is 2. The molecule has 0 spiro atoms. The van der Waals surface area contributed by atoms with E-state index in [0.717, 1.165) is 31.7 Å². The van der Waals surface area contributed by atoms with E-state index in [1.165, 1.54) is 12.1 Å². The van der Waals surface area contributed by atoms with Crippen molar-refractivity contribution < 1.29 is 32.1 Å². The van der Waals surface area contributed by atoms with E-state index < -0.39 is 23.1 Å². The molecule has 43 heavy (non-hydrogen) atoms. The number of ether oxygens (including phenoxy) is 2. The average Bonchev–Trinajstić information content (AvgIpc) is 3.59. The maximum absolute atomic E-state index is 16.8. The normalized spacial score (nSPS) is 28.1. The van der Waals surface area contributed by atoms with E-state index in [1.54, 1.807) is 24.3 Å². The summed E-state index contributed by atoms with van der Waals surface area (Å²) in [4.78, 5) is 11.0. The Balaban J connectivity index is 1.33. The van der Waals surface area contributed by atoms with Crippen LogP contribution in [0.2, 0.25) is 0 Å². The Bertz CT molecular complexity index is 1780. The molecule has 3 aromatic carbocycles. The van der Waals surface area contributed by atoms with Crippen LogP contribution in [0.5, 0.6) is 11.8 Å². The third kappa shape index (κ3) is 4.38. The van der Waals surface area contributed by atoms with Crippen molar-refractivity contribution in [1.29, 1.82) is 0 Å². The Morgan fingerprint density at radius 3 is 2.51 bits per heavy atom. The minimum absolute atomic E-state index is 0.0229. The van der Waals surface area contributed by atoms with Crippen LogP contribution < -0.4 is 15.0 Å². The summed E-state index contributed by atoms with van der Waals surface area (Å²) in [6.07, 6.45) is -1.33. The highest BCUT2D eigenvalue weighted by molar-refractivity contribution is 6.02. The first kappa shape index (κ1) is 26.9. The number of halogens is 4. The SMILES string of the molecule is CC12CC(COc3nc(N4CC5CCC(C4)N5)c4cc(C(F)(F)F)c(-c5cc(O)cc6ccccc56)c(F)c4n3)(CO1)C2. The van der Waals surface area contributed by atoms with E-state index in [2.05, 4.69) is 22.2 Å². The molecule has 1 aliphatic carbocycles. The topological polar surface area (TPSA) is 79.7 Å². The van der Waals surface area contributed by atoms with Gasteiger partial charge in [-0.2, -0.15) is 23.1 Å². The smallest absolute Gasteiger partial charge is 0.417 e. The molecule has 2 unspecified atom stereocenters. The van der Waals surface area contributed by atoms with Gasteiger partial charge >= 0.3 is 12.2 Å². The van der Waals surface area contributed by atoms with Crippen LogP contribution in [0, 0.1) is 11.2 Å². The molecule has 4 aliphatic heterocycles. The summed E-state index contributed by atoms with van der Waals surface area (Å²) in [5, 5.41) is 14.8. The first-order chi connectivity index (χ1) is 20.5. The van der Waals surface area contributed by atoms with Gasteiger partial charge in [0.15, 0.2) is 5.82 Å². The number of rotatable bonds is 5. The van der Waals surface area contributed by atoms with E-state index in [4.69, 9.17) is 9.47 Å². The standard InChI is InChI=1S/C32H30F4N4O3/c1-30-13-31(14-30,16-43-30)15-42-29-38-27-23(28(39-29)40-11-18-6-7-19(12-40)37-18)10-24(32(34,35)36)25(26(27)33)22-9-20(41)8-17-4-2-3-5-21(17)22/h2-5,8-10,18-19,37,41H,6-7,11-16H2,1H3. The van der Waals surface area contributed by atoms with E-state index in [9.17, 15) is 18.3 Å². The molecule has 9 rings (SSSR count). The number of phenolic OH excluding ortho intramolecular Hbond substituents is 1. The highest BCUT2D eigenvalue weighted by Crippen LogP contribution is 2.57. The highest BCUT2D eigenvalue weighted by atomic mass is 19.4. The third-order valence-electron chi connectivity index (χ3n) is 9.56. The fraction of sp³-hybridized carbons (Fsp3) is 0.438. The van der Waals surface area contributed by atoms with Crippen molar-refractivity contribution in [3.05, 3.63) is 53.8 Å². The Morgan fingerprint density at radius 2 is 1.81 bits per heavy atom. The summed E-state index contributed by atoms with van der Waals surface area (Å²) < 4.78 is 73.1. The minimum atomic E-state index is -4.90. The van der Waals surface area contributed by atoms with Gasteiger partial charge in [-0.15, -0.1) is 0 Å². The molecule has 4 bridgehead atoms. The van der Waals surface area contributed by atoms with Gasteiger partial charge < -0.3 is 24.8 Å². The number of piperazine rings is 1. The molecule has 2 atom stereocenters. The zero-order valence-corrected chi connectivity index (χ0v) is 23.5. The number of anilines is 1. The van der Waals surface area contributed by atoms with Gasteiger partial charge in [0.25, 0.3) is 0 Å². The second-order valence-corrected chi connectivity index (χ2v) is 13.0. The van der Waals surface area contributed by atoms with Crippen LogP contribution in [0.25, 0.3) is 32.8 Å². The van der Waals surface area contributed by atoms with Gasteiger partial charge in [0, 0.05) is 41.5 Å². The minimum Gasteiger partial charge on any atom is -0.508 e. The predicted octanol–water partition coefficient (Wildman–Crippen LogP) is 6.20. The molecule has 4 saturated heterocycles. The molecule has 7 nitrogen and oxygen atoms in total. The van der Waals surface area contributed by atoms with Crippen molar-refractivity contribution in [1.82, 2.24) is 15.3 Å². The monoisotopic (exact) mass is 594 g/mol. The predicted molar refractivity (Wildman–Crippen MR) is 153 cm³/mol. The fourth-order valence-electron chi connectivity index (χ4n) is 7.88. The molecular weight excluding hydrogens is 564 g/mol. The first-order valence-corrected chi connectivity index (χ1v) is 14.6. The second kappa shape index (κ2) is 9.15. The lowest BCUT2D eigenvalue weighted by Crippen LogP contribution is -2.51. The first-order valence-electron chi connectivity index (χ1n) is 14.6. The maximum atomic E-state index is 16.8. The van der Waals surface area contributed by atoms with E-state index in [-0.39, 0.29) is 63.8 Å². The van der Waals surface area contributed by atoms with Crippen molar-refractivity contribution in [2.45, 2.75) is 56.5 Å². The van der Waals surface area contributed by atoms with E-state index in [1.807, 2.05) is 4.90 Å². The van der Waals surface area contributed by atoms with Gasteiger partial charge in [-0.1, -0.05) is 24.3 Å². The van der Waals surface area contributed by atoms with Crippen LogP contribution >= 0.6 is 0 Å². The average molecular weight is 595 g/mol. The van der Waals surface area contributed by atoms with Crippen molar-refractivity contribution in [2.75, 3.05) is 31.2 Å². The zero-order chi connectivity index (χ0) is 29.7. The lowest BCUT2D eigenvalue weighted by atomic mass is 9.64. The lowest BCUT2D eigenvalue weighted by Gasteiger charge is -2.41. The second-order valence-electron chi connectivity index (χ2n) is 13.0. The highest BCUT2D eigenvalue weighted by Gasteiger charge is 2.60. The van der Waals surface area contributed by atoms with Crippen molar-refractivity contribution >= 4 is 27.5 Å². The maximum Gasteiger partial charge on any atom is 0.417 e. The van der Waals surface area contributed by atoms with Crippen LogP contribution in [0.1, 0.15) is 38.2 Å². The molecule has 224 valence electrons. The molecule has 2 N–H and O–H groups in total. The number of nitrogens with one attached hydrogen (secondary N) is 1. The largest absolute Gasteiger partial charge is 0.508 e. The van der Waals surface area contributed by atoms with Crippen LogP contribution in [0.15, 0.2) is 42.5 Å². The summed E-state index contributed by atoms with van der Waals surface area (Å²) in [6, 6.07) is 10.5. The van der Waals surface area contributed by atoms with Crippen molar-refractivity contribution in [2.24, 2.45) is 5.41 Å². The Labute approximate surface area is 244 Å². The summed E-state index contributed by atoms with van der Waals surface area (Å²) >= 11 is 0. The quantitative estimate of drug-likeness (QED) is 0.266. The number of aromatic hydroxyl groups is 1. The number of benzene rings is 3. The van der Waals surface area contributed by atoms with Crippen molar-refractivity contribution in [3.8, 4) is 22.9 Å². The molecule has 1 aromatic heterocycles. The fourth-order valence-corrected chi connectivity index (χ4v) is 7.88. The Hall–Kier alpha value is -3.70.